The zero-order valence-corrected chi connectivity index (χ0v) is 12.2. The molecule has 0 amide bonds. The van der Waals surface area contributed by atoms with Crippen LogP contribution >= 0.6 is 35.6 Å². The van der Waals surface area contributed by atoms with E-state index in [1.54, 1.807) is 0 Å². The summed E-state index contributed by atoms with van der Waals surface area (Å²) >= 11 is 11.7. The summed E-state index contributed by atoms with van der Waals surface area (Å²) in [7, 11) is 0. The molecule has 0 saturated carbocycles. The Morgan fingerprint density at radius 3 is 2.28 bits per heavy atom. The van der Waals surface area contributed by atoms with Gasteiger partial charge in [0.05, 0.1) is 6.04 Å². The van der Waals surface area contributed by atoms with Crippen molar-refractivity contribution in [1.29, 1.82) is 0 Å². The highest BCUT2D eigenvalue weighted by Gasteiger charge is 2.21. The van der Waals surface area contributed by atoms with Crippen molar-refractivity contribution in [1.82, 2.24) is 5.32 Å². The first-order chi connectivity index (χ1) is 10.2. The molecule has 1 N–H and O–H groups in total. The molecule has 0 heterocycles. The maximum absolute atomic E-state index is 12.4. The first-order valence-corrected chi connectivity index (χ1v) is 5.72. The smallest absolute Gasteiger partial charge is 0.179 e. The van der Waals surface area contributed by atoms with Crippen LogP contribution in [0.2, 0.25) is 10.0 Å². The zero-order valence-electron chi connectivity index (χ0n) is 15.9. The van der Waals surface area contributed by atoms with E-state index >= 15 is 0 Å². The van der Waals surface area contributed by atoms with Crippen molar-refractivity contribution in [3.63, 3.8) is 0 Å². The van der Waals surface area contributed by atoms with Crippen LogP contribution in [0.15, 0.2) is 18.2 Å². The minimum Gasteiger partial charge on any atom is -0.303 e. The van der Waals surface area contributed by atoms with Gasteiger partial charge < -0.3 is 5.32 Å². The van der Waals surface area contributed by atoms with Gasteiger partial charge in [0.25, 0.3) is 0 Å². The molecule has 0 spiro atoms. The number of hydrogen-bond donors (Lipinski definition) is 1. The van der Waals surface area contributed by atoms with Crippen LogP contribution in [-0.4, -0.2) is 17.4 Å². The Bertz CT molecular complexity index is 568. The van der Waals surface area contributed by atoms with Gasteiger partial charge in [0.1, 0.15) is 0 Å². The van der Waals surface area contributed by atoms with Gasteiger partial charge in [-0.15, -0.1) is 12.4 Å². The van der Waals surface area contributed by atoms with Gasteiger partial charge in [-0.2, -0.15) is 0 Å². The van der Waals surface area contributed by atoms with Crippen molar-refractivity contribution in [2.24, 2.45) is 0 Å². The molecule has 0 radical (unpaired) electrons. The average molecular weight is 317 g/mol. The molecule has 0 aliphatic heterocycles. The summed E-state index contributed by atoms with van der Waals surface area (Å²) in [4.78, 5) is 12.4. The van der Waals surface area contributed by atoms with Crippen molar-refractivity contribution in [2.75, 3.05) is 0 Å². The summed E-state index contributed by atoms with van der Waals surface area (Å²) in [6, 6.07) is 3.16. The lowest BCUT2D eigenvalue weighted by molar-refractivity contribution is 0.0936. The molecule has 0 saturated heterocycles. The molecule has 1 rings (SSSR count). The first-order valence-electron chi connectivity index (χ1n) is 7.97. The van der Waals surface area contributed by atoms with Crippen molar-refractivity contribution in [2.45, 2.75) is 39.1 Å². The Labute approximate surface area is 133 Å². The van der Waals surface area contributed by atoms with E-state index in [0.717, 1.165) is 6.92 Å². The molecular formula is C13H18Cl3NO. The Morgan fingerprint density at radius 1 is 1.33 bits per heavy atom. The van der Waals surface area contributed by atoms with Gasteiger partial charge in [0.2, 0.25) is 0 Å². The van der Waals surface area contributed by atoms with E-state index in [1.807, 2.05) is 0 Å². The molecule has 1 atom stereocenters. The summed E-state index contributed by atoms with van der Waals surface area (Å²) in [5.41, 5.74) is -2.07. The van der Waals surface area contributed by atoms with E-state index in [9.17, 15) is 4.79 Å². The lowest BCUT2D eigenvalue weighted by Gasteiger charge is -2.25. The summed E-state index contributed by atoms with van der Waals surface area (Å²) in [5, 5.41) is 2.95. The number of carbonyl (C=O) groups excluding carboxylic acids is 1. The number of carbonyl (C=O) groups is 1. The largest absolute Gasteiger partial charge is 0.303 e. The number of halogens is 3. The molecule has 1 unspecified atom stereocenters. The van der Waals surface area contributed by atoms with E-state index in [2.05, 4.69) is 5.32 Å². The quantitative estimate of drug-likeness (QED) is 0.839. The van der Waals surface area contributed by atoms with Gasteiger partial charge in [-0.25, -0.2) is 0 Å². The normalized spacial score (nSPS) is 19.1. The number of benzene rings is 1. The molecule has 18 heavy (non-hydrogen) atoms. The molecule has 1 aromatic carbocycles. The molecule has 5 heteroatoms. The summed E-state index contributed by atoms with van der Waals surface area (Å²) in [6.45, 7) is -3.22. The van der Waals surface area contributed by atoms with Crippen LogP contribution in [0.3, 0.4) is 0 Å². The first kappa shape index (κ1) is 9.60. The fourth-order valence-corrected chi connectivity index (χ4v) is 1.97. The van der Waals surface area contributed by atoms with Gasteiger partial charge in [0, 0.05) is 29.4 Å². The van der Waals surface area contributed by atoms with Gasteiger partial charge in [0.15, 0.2) is 5.78 Å². The Hall–Kier alpha value is -0.280. The lowest BCUT2D eigenvalue weighted by atomic mass is 10.0. The number of Topliss-reactive ketones (excluding diaryl/α,β-unsaturated/α-hetero) is 1. The van der Waals surface area contributed by atoms with Gasteiger partial charge in [-0.1, -0.05) is 23.2 Å². The third-order valence-corrected chi connectivity index (χ3v) is 2.48. The number of ketones is 1. The molecule has 1 aromatic rings. The number of hydrogen-bond acceptors (Lipinski definition) is 2. The van der Waals surface area contributed by atoms with Crippen LogP contribution < -0.4 is 5.32 Å². The number of nitrogens with one attached hydrogen (secondary N) is 1. The molecule has 0 aromatic heterocycles. The van der Waals surface area contributed by atoms with E-state index in [0.29, 0.717) is 0 Å². The highest BCUT2D eigenvalue weighted by atomic mass is 35.5. The lowest BCUT2D eigenvalue weighted by Crippen LogP contribution is -2.46. The van der Waals surface area contributed by atoms with Crippen molar-refractivity contribution in [3.8, 4) is 0 Å². The minimum absolute atomic E-state index is 0. The van der Waals surface area contributed by atoms with E-state index in [4.69, 9.17) is 31.4 Å². The third kappa shape index (κ3) is 5.57. The van der Waals surface area contributed by atoms with Crippen LogP contribution in [0, 0.1) is 0 Å². The summed E-state index contributed by atoms with van der Waals surface area (Å²) in [6.07, 6.45) is 0. The van der Waals surface area contributed by atoms with E-state index in [-0.39, 0.29) is 28.0 Å². The SMILES string of the molecule is Cl.[2H]C([2H])([2H])C(C)(NC(C)C(=O)c1cc(Cl)cc(Cl)c1)C([2H])([2H])[2H]. The molecule has 0 fully saturated rings. The van der Waals surface area contributed by atoms with Crippen LogP contribution in [0.4, 0.5) is 0 Å². The van der Waals surface area contributed by atoms with Crippen LogP contribution in [0.5, 0.6) is 0 Å². The molecule has 0 bridgehead atoms. The van der Waals surface area contributed by atoms with Crippen molar-refractivity contribution in [3.05, 3.63) is 33.8 Å². The second-order valence-corrected chi connectivity index (χ2v) is 4.89. The topological polar surface area (TPSA) is 29.1 Å². The standard InChI is InChI=1S/C13H17Cl2NO.ClH/c1-8(16-13(2,3)4)12(17)9-5-10(14)7-11(15)6-9;/h5-8,16H,1-4H3;1H/i2D3,3D3;. The van der Waals surface area contributed by atoms with Crippen LogP contribution in [0.1, 0.15) is 46.1 Å². The molecule has 0 aliphatic carbocycles. The highest BCUT2D eigenvalue weighted by molar-refractivity contribution is 6.35. The van der Waals surface area contributed by atoms with Crippen LogP contribution in [-0.2, 0) is 0 Å². The van der Waals surface area contributed by atoms with Gasteiger partial charge in [-0.3, -0.25) is 4.79 Å². The Kier molecular flexibility index (Phi) is 3.60. The maximum atomic E-state index is 12.4. The fraction of sp³-hybridized carbons (Fsp3) is 0.462. The minimum atomic E-state index is -2.83. The van der Waals surface area contributed by atoms with E-state index in [1.165, 1.54) is 25.1 Å². The van der Waals surface area contributed by atoms with Crippen molar-refractivity contribution < 1.29 is 13.0 Å². The predicted molar refractivity (Wildman–Crippen MR) is 80.4 cm³/mol. The maximum Gasteiger partial charge on any atom is 0.179 e. The Morgan fingerprint density at radius 2 is 1.83 bits per heavy atom. The van der Waals surface area contributed by atoms with Crippen molar-refractivity contribution >= 4 is 41.4 Å². The average Bonchev–Trinajstić information content (AvgIpc) is 2.33. The highest BCUT2D eigenvalue weighted by Crippen LogP contribution is 2.20. The van der Waals surface area contributed by atoms with Gasteiger partial charge in [-0.05, 0) is 45.8 Å². The zero-order chi connectivity index (χ0) is 18.2. The summed E-state index contributed by atoms with van der Waals surface area (Å²) in [5.74, 6) is -0.505. The van der Waals surface area contributed by atoms with Crippen LogP contribution in [0.25, 0.3) is 0 Å². The van der Waals surface area contributed by atoms with E-state index < -0.39 is 31.1 Å². The fourth-order valence-electron chi connectivity index (χ4n) is 1.44. The second-order valence-electron chi connectivity index (χ2n) is 4.01. The number of rotatable bonds is 3. The molecule has 2 nitrogen and oxygen atoms in total. The third-order valence-electron chi connectivity index (χ3n) is 2.05. The Balaban J connectivity index is 0.00000529. The van der Waals surface area contributed by atoms with Gasteiger partial charge >= 0.3 is 0 Å². The monoisotopic (exact) mass is 315 g/mol. The second kappa shape index (κ2) is 6.76. The predicted octanol–water partition coefficient (Wildman–Crippen LogP) is 4.37. The summed E-state index contributed by atoms with van der Waals surface area (Å²) < 4.78 is 45.0. The molecule has 102 valence electrons. The molecular weight excluding hydrogens is 293 g/mol. The molecule has 0 aliphatic rings.